The fourth-order valence-electron chi connectivity index (χ4n) is 2.48. The molecule has 0 spiro atoms. The molecular weight excluding hydrogens is 418 g/mol. The van der Waals surface area contributed by atoms with Gasteiger partial charge in [-0.3, -0.25) is 9.69 Å². The van der Waals surface area contributed by atoms with Crippen LogP contribution in [0.1, 0.15) is 15.9 Å². The summed E-state index contributed by atoms with van der Waals surface area (Å²) in [6, 6.07) is 12.4. The number of halogens is 2. The van der Waals surface area contributed by atoms with Gasteiger partial charge in [0.2, 0.25) is 0 Å². The van der Waals surface area contributed by atoms with Gasteiger partial charge in [-0.15, -0.1) is 0 Å². The Labute approximate surface area is 164 Å². The number of rotatable bonds is 3. The third-order valence-electron chi connectivity index (χ3n) is 3.78. The molecule has 26 heavy (non-hydrogen) atoms. The minimum atomic E-state index is -0.277. The van der Waals surface area contributed by atoms with E-state index in [-0.39, 0.29) is 18.5 Å². The van der Waals surface area contributed by atoms with Gasteiger partial charge in [-0.1, -0.05) is 39.4 Å². The lowest BCUT2D eigenvalue weighted by Crippen LogP contribution is -2.27. The van der Waals surface area contributed by atoms with Crippen LogP contribution in [-0.4, -0.2) is 31.6 Å². The first-order valence-corrected chi connectivity index (χ1v) is 9.09. The molecule has 0 radical (unpaired) electrons. The average molecular weight is 433 g/mol. The van der Waals surface area contributed by atoms with Gasteiger partial charge >= 0.3 is 6.03 Å². The molecule has 132 valence electrons. The highest BCUT2D eigenvalue weighted by molar-refractivity contribution is 9.10. The summed E-state index contributed by atoms with van der Waals surface area (Å²) in [4.78, 5) is 25.4. The number of benzene rings is 2. The number of carbonyl (C=O) groups excluding carboxylic acids is 2. The molecule has 2 N–H and O–H groups in total. The van der Waals surface area contributed by atoms with Crippen molar-refractivity contribution in [3.8, 4) is 11.8 Å². The largest absolute Gasteiger partial charge is 0.341 e. The van der Waals surface area contributed by atoms with Gasteiger partial charge in [0.05, 0.1) is 17.1 Å². The van der Waals surface area contributed by atoms with Crippen molar-refractivity contribution >= 4 is 45.2 Å². The molecule has 3 amide bonds. The second-order valence-electron chi connectivity index (χ2n) is 5.54. The Balaban J connectivity index is 1.57. The Bertz CT molecular complexity index is 903. The number of carbonyl (C=O) groups is 2. The summed E-state index contributed by atoms with van der Waals surface area (Å²) >= 11 is 9.34. The second-order valence-corrected chi connectivity index (χ2v) is 6.86. The van der Waals surface area contributed by atoms with Crippen LogP contribution in [0.3, 0.4) is 0 Å². The normalized spacial score (nSPS) is 13.0. The molecule has 7 heteroatoms. The maximum Gasteiger partial charge on any atom is 0.321 e. The zero-order chi connectivity index (χ0) is 18.5. The lowest BCUT2D eigenvalue weighted by atomic mass is 10.2. The smallest absolute Gasteiger partial charge is 0.321 e. The summed E-state index contributed by atoms with van der Waals surface area (Å²) < 4.78 is 0.782. The van der Waals surface area contributed by atoms with Gasteiger partial charge in [0, 0.05) is 28.8 Å². The van der Waals surface area contributed by atoms with Crippen LogP contribution in [0.5, 0.6) is 0 Å². The van der Waals surface area contributed by atoms with Crippen LogP contribution >= 0.6 is 27.5 Å². The molecule has 1 fully saturated rings. The van der Waals surface area contributed by atoms with Gasteiger partial charge in [-0.2, -0.15) is 0 Å². The molecule has 5 nitrogen and oxygen atoms in total. The van der Waals surface area contributed by atoms with Gasteiger partial charge in [0.15, 0.2) is 0 Å². The molecule has 1 saturated heterocycles. The van der Waals surface area contributed by atoms with Gasteiger partial charge in [0.25, 0.3) is 5.91 Å². The number of amides is 3. The van der Waals surface area contributed by atoms with Crippen LogP contribution in [0.15, 0.2) is 46.9 Å². The molecule has 0 unspecified atom stereocenters. The predicted octanol–water partition coefficient (Wildman–Crippen LogP) is 3.41. The van der Waals surface area contributed by atoms with Crippen LogP contribution < -0.4 is 15.5 Å². The lowest BCUT2D eigenvalue weighted by Gasteiger charge is -2.13. The predicted molar refractivity (Wildman–Crippen MR) is 106 cm³/mol. The second kappa shape index (κ2) is 8.26. The number of hydrogen-bond donors (Lipinski definition) is 2. The van der Waals surface area contributed by atoms with Crippen LogP contribution in [-0.2, 0) is 0 Å². The quantitative estimate of drug-likeness (QED) is 0.730. The Hall–Kier alpha value is -2.49. The van der Waals surface area contributed by atoms with Crippen LogP contribution in [0.25, 0.3) is 0 Å². The molecule has 1 heterocycles. The molecule has 0 aromatic heterocycles. The van der Waals surface area contributed by atoms with Gasteiger partial charge < -0.3 is 10.6 Å². The van der Waals surface area contributed by atoms with E-state index in [9.17, 15) is 9.59 Å². The topological polar surface area (TPSA) is 61.4 Å². The first kappa shape index (κ1) is 18.3. The summed E-state index contributed by atoms with van der Waals surface area (Å²) in [6.07, 6.45) is 0. The number of nitrogens with zero attached hydrogens (tertiary/aromatic N) is 1. The Morgan fingerprint density at radius 2 is 2.04 bits per heavy atom. The van der Waals surface area contributed by atoms with E-state index < -0.39 is 0 Å². The highest BCUT2D eigenvalue weighted by Gasteiger charge is 2.20. The molecule has 3 rings (SSSR count). The maximum atomic E-state index is 12.1. The van der Waals surface area contributed by atoms with Gasteiger partial charge in [-0.25, -0.2) is 4.79 Å². The fraction of sp³-hybridized carbons (Fsp3) is 0.158. The number of anilines is 1. The van der Waals surface area contributed by atoms with Crippen molar-refractivity contribution in [1.82, 2.24) is 10.6 Å². The van der Waals surface area contributed by atoms with E-state index in [1.807, 2.05) is 24.3 Å². The van der Waals surface area contributed by atoms with E-state index in [0.717, 1.165) is 15.7 Å². The first-order valence-electron chi connectivity index (χ1n) is 7.92. The molecule has 1 aliphatic rings. The molecule has 0 aliphatic carbocycles. The van der Waals surface area contributed by atoms with Crippen LogP contribution in [0, 0.1) is 11.8 Å². The standard InChI is InChI=1S/C19H15BrClN3O2/c20-14-5-8-17(21)16(12-14)18(25)22-9-1-2-13-3-6-15(7-4-13)24-11-10-23-19(24)26/h3-8,12H,9-11H2,(H,22,25)(H,23,26). The van der Waals surface area contributed by atoms with Crippen molar-refractivity contribution in [2.45, 2.75) is 0 Å². The Morgan fingerprint density at radius 3 is 2.73 bits per heavy atom. The molecular formula is C19H15BrClN3O2. The highest BCUT2D eigenvalue weighted by atomic mass is 79.9. The molecule has 2 aromatic rings. The van der Waals surface area contributed by atoms with Crippen molar-refractivity contribution in [1.29, 1.82) is 0 Å². The highest BCUT2D eigenvalue weighted by Crippen LogP contribution is 2.20. The number of nitrogens with one attached hydrogen (secondary N) is 2. The summed E-state index contributed by atoms with van der Waals surface area (Å²) in [5.41, 5.74) is 2.04. The molecule has 2 aromatic carbocycles. The van der Waals surface area contributed by atoms with Crippen molar-refractivity contribution < 1.29 is 9.59 Å². The summed E-state index contributed by atoms with van der Waals surface area (Å²) in [5, 5.41) is 5.87. The third-order valence-corrected chi connectivity index (χ3v) is 4.60. The third kappa shape index (κ3) is 4.37. The van der Waals surface area contributed by atoms with E-state index in [4.69, 9.17) is 11.6 Å². The summed E-state index contributed by atoms with van der Waals surface area (Å²) in [6.45, 7) is 1.52. The van der Waals surface area contributed by atoms with Crippen LogP contribution in [0.4, 0.5) is 10.5 Å². The maximum absolute atomic E-state index is 12.1. The zero-order valence-electron chi connectivity index (χ0n) is 13.7. The number of hydrogen-bond acceptors (Lipinski definition) is 2. The molecule has 0 atom stereocenters. The Kier molecular flexibility index (Phi) is 5.82. The Morgan fingerprint density at radius 1 is 1.27 bits per heavy atom. The molecule has 0 saturated carbocycles. The van der Waals surface area contributed by atoms with Crippen molar-refractivity contribution in [3.63, 3.8) is 0 Å². The molecule has 1 aliphatic heterocycles. The van der Waals surface area contributed by atoms with E-state index in [1.165, 1.54) is 0 Å². The summed E-state index contributed by atoms with van der Waals surface area (Å²) in [5.74, 6) is 5.61. The number of urea groups is 1. The average Bonchev–Trinajstić information content (AvgIpc) is 3.07. The minimum absolute atomic E-state index is 0.0854. The van der Waals surface area contributed by atoms with Crippen molar-refractivity contribution in [3.05, 3.63) is 63.1 Å². The van der Waals surface area contributed by atoms with Crippen molar-refractivity contribution in [2.75, 3.05) is 24.5 Å². The van der Waals surface area contributed by atoms with Crippen LogP contribution in [0.2, 0.25) is 5.02 Å². The van der Waals surface area contributed by atoms with Gasteiger partial charge in [-0.05, 0) is 42.5 Å². The van der Waals surface area contributed by atoms with Gasteiger partial charge in [0.1, 0.15) is 0 Å². The van der Waals surface area contributed by atoms with E-state index in [2.05, 4.69) is 38.4 Å². The monoisotopic (exact) mass is 431 g/mol. The van der Waals surface area contributed by atoms with E-state index in [1.54, 1.807) is 23.1 Å². The first-order chi connectivity index (χ1) is 12.5. The van der Waals surface area contributed by atoms with E-state index >= 15 is 0 Å². The summed E-state index contributed by atoms with van der Waals surface area (Å²) in [7, 11) is 0. The van der Waals surface area contributed by atoms with Crippen molar-refractivity contribution in [2.24, 2.45) is 0 Å². The van der Waals surface area contributed by atoms with E-state index in [0.29, 0.717) is 23.7 Å². The lowest BCUT2D eigenvalue weighted by molar-refractivity contribution is 0.0958. The zero-order valence-corrected chi connectivity index (χ0v) is 16.0. The minimum Gasteiger partial charge on any atom is -0.341 e. The fourth-order valence-corrected chi connectivity index (χ4v) is 3.04. The SMILES string of the molecule is O=C(NCC#Cc1ccc(N2CCNC2=O)cc1)c1cc(Br)ccc1Cl. The molecule has 0 bridgehead atoms.